The minimum absolute atomic E-state index is 0.00112. The molecule has 7 nitrogen and oxygen atoms in total. The van der Waals surface area contributed by atoms with Crippen LogP contribution in [0.15, 0.2) is 41.8 Å². The lowest BCUT2D eigenvalue weighted by molar-refractivity contribution is -0.127. The van der Waals surface area contributed by atoms with Gasteiger partial charge in [0.1, 0.15) is 0 Å². The van der Waals surface area contributed by atoms with Crippen molar-refractivity contribution >= 4 is 51.8 Å². The number of urea groups is 1. The van der Waals surface area contributed by atoms with Gasteiger partial charge < -0.3 is 10.1 Å². The standard InChI is InChI=1S/C29H33N3O4S/c1-6-30-28(35)32-26(33)17(2)36-27(34)24-21-11-7-8-12-23(21)31-25-18(15-20-10-9-13-37-20)14-19(16-22(24)25)29(3,4)5/h7-13,15,17,19H,6,14,16H2,1-5H3,(H2,30,32,33,35)/b18-15+. The van der Waals surface area contributed by atoms with E-state index < -0.39 is 24.0 Å². The first-order valence-electron chi connectivity index (χ1n) is 12.5. The van der Waals surface area contributed by atoms with Gasteiger partial charge in [0.25, 0.3) is 5.91 Å². The van der Waals surface area contributed by atoms with E-state index in [-0.39, 0.29) is 11.3 Å². The van der Waals surface area contributed by atoms with E-state index >= 15 is 0 Å². The van der Waals surface area contributed by atoms with E-state index in [1.807, 2.05) is 35.7 Å². The molecule has 194 valence electrons. The summed E-state index contributed by atoms with van der Waals surface area (Å²) in [6.45, 7) is 10.2. The lowest BCUT2D eigenvalue weighted by Gasteiger charge is -2.36. The Kier molecular flexibility index (Phi) is 7.78. The number of allylic oxidation sites excluding steroid dienone is 1. The maximum atomic E-state index is 13.7. The highest BCUT2D eigenvalue weighted by molar-refractivity contribution is 7.10. The van der Waals surface area contributed by atoms with E-state index in [1.54, 1.807) is 18.3 Å². The van der Waals surface area contributed by atoms with Crippen molar-refractivity contribution in [2.75, 3.05) is 6.54 Å². The highest BCUT2D eigenvalue weighted by Gasteiger charge is 2.36. The topological polar surface area (TPSA) is 97.4 Å². The number of hydrogen-bond donors (Lipinski definition) is 2. The number of benzene rings is 1. The fourth-order valence-corrected chi connectivity index (χ4v) is 5.29. The molecule has 3 aromatic rings. The van der Waals surface area contributed by atoms with Crippen LogP contribution in [-0.2, 0) is 16.0 Å². The van der Waals surface area contributed by atoms with Crippen LogP contribution in [-0.4, -0.2) is 35.5 Å². The first kappa shape index (κ1) is 26.5. The van der Waals surface area contributed by atoms with Gasteiger partial charge in [0, 0.05) is 16.8 Å². The smallest absolute Gasteiger partial charge is 0.339 e. The molecule has 2 heterocycles. The average Bonchev–Trinajstić information content (AvgIpc) is 3.35. The zero-order chi connectivity index (χ0) is 26.7. The number of esters is 1. The third kappa shape index (κ3) is 5.91. The number of imide groups is 1. The lowest BCUT2D eigenvalue weighted by Crippen LogP contribution is -2.44. The number of pyridine rings is 1. The van der Waals surface area contributed by atoms with Crippen molar-refractivity contribution in [2.45, 2.75) is 53.6 Å². The minimum Gasteiger partial charge on any atom is -0.449 e. The van der Waals surface area contributed by atoms with Gasteiger partial charge in [0.15, 0.2) is 6.10 Å². The van der Waals surface area contributed by atoms with E-state index in [0.29, 0.717) is 29.4 Å². The Morgan fingerprint density at radius 1 is 1.16 bits per heavy atom. The second kappa shape index (κ2) is 10.8. The second-order valence-electron chi connectivity index (χ2n) is 10.4. The highest BCUT2D eigenvalue weighted by Crippen LogP contribution is 2.45. The Morgan fingerprint density at radius 3 is 2.59 bits per heavy atom. The monoisotopic (exact) mass is 519 g/mol. The Morgan fingerprint density at radius 2 is 1.92 bits per heavy atom. The van der Waals surface area contributed by atoms with Gasteiger partial charge in [-0.15, -0.1) is 11.3 Å². The van der Waals surface area contributed by atoms with Crippen LogP contribution in [0.2, 0.25) is 0 Å². The summed E-state index contributed by atoms with van der Waals surface area (Å²) < 4.78 is 5.64. The Hall–Kier alpha value is -3.52. The summed E-state index contributed by atoms with van der Waals surface area (Å²) in [5, 5.41) is 7.44. The van der Waals surface area contributed by atoms with Crippen LogP contribution in [0.4, 0.5) is 4.79 Å². The molecule has 1 aromatic carbocycles. The van der Waals surface area contributed by atoms with Gasteiger partial charge >= 0.3 is 12.0 Å². The van der Waals surface area contributed by atoms with Crippen LogP contribution < -0.4 is 10.6 Å². The number of ether oxygens (including phenoxy) is 1. The molecule has 37 heavy (non-hydrogen) atoms. The predicted molar refractivity (Wildman–Crippen MR) is 147 cm³/mol. The van der Waals surface area contributed by atoms with Crippen molar-refractivity contribution in [2.24, 2.45) is 11.3 Å². The summed E-state index contributed by atoms with van der Waals surface area (Å²) >= 11 is 1.66. The zero-order valence-corrected chi connectivity index (χ0v) is 22.7. The first-order valence-corrected chi connectivity index (χ1v) is 13.4. The van der Waals surface area contributed by atoms with Crippen molar-refractivity contribution in [1.82, 2.24) is 15.6 Å². The van der Waals surface area contributed by atoms with Gasteiger partial charge in [-0.3, -0.25) is 10.1 Å². The van der Waals surface area contributed by atoms with Gasteiger partial charge in [-0.05, 0) is 72.7 Å². The number of hydrogen-bond acceptors (Lipinski definition) is 6. The Balaban J connectivity index is 1.80. The number of nitrogens with one attached hydrogen (secondary N) is 2. The number of rotatable bonds is 5. The van der Waals surface area contributed by atoms with Crippen LogP contribution in [0, 0.1) is 11.3 Å². The summed E-state index contributed by atoms with van der Waals surface area (Å²) in [5.74, 6) is -1.00. The van der Waals surface area contributed by atoms with Gasteiger partial charge in [0.2, 0.25) is 0 Å². The number of fused-ring (bicyclic) bond motifs is 2. The molecule has 1 aliphatic rings. The average molecular weight is 520 g/mol. The summed E-state index contributed by atoms with van der Waals surface area (Å²) in [6, 6.07) is 11.0. The normalized spacial score (nSPS) is 17.2. The molecule has 4 rings (SSSR count). The molecule has 1 aliphatic carbocycles. The Bertz CT molecular complexity index is 1360. The number of amides is 3. The minimum atomic E-state index is -1.15. The molecule has 8 heteroatoms. The van der Waals surface area contributed by atoms with Crippen LogP contribution in [0.1, 0.15) is 67.5 Å². The van der Waals surface area contributed by atoms with Crippen LogP contribution in [0.3, 0.4) is 0 Å². The predicted octanol–water partition coefficient (Wildman–Crippen LogP) is 5.84. The molecule has 2 aromatic heterocycles. The van der Waals surface area contributed by atoms with E-state index in [2.05, 4.69) is 43.5 Å². The van der Waals surface area contributed by atoms with Crippen molar-refractivity contribution < 1.29 is 19.1 Å². The number of aromatic nitrogens is 1. The number of carbonyl (C=O) groups excluding carboxylic acids is 3. The van der Waals surface area contributed by atoms with E-state index in [4.69, 9.17) is 9.72 Å². The van der Waals surface area contributed by atoms with Gasteiger partial charge in [0.05, 0.1) is 16.8 Å². The Labute approximate surface area is 221 Å². The zero-order valence-electron chi connectivity index (χ0n) is 21.9. The first-order chi connectivity index (χ1) is 17.6. The van der Waals surface area contributed by atoms with Gasteiger partial charge in [-0.25, -0.2) is 14.6 Å². The van der Waals surface area contributed by atoms with Crippen LogP contribution in [0.5, 0.6) is 0 Å². The van der Waals surface area contributed by atoms with Crippen LogP contribution >= 0.6 is 11.3 Å². The molecule has 2 N–H and O–H groups in total. The fourth-order valence-electron chi connectivity index (χ4n) is 4.61. The van der Waals surface area contributed by atoms with Crippen molar-refractivity contribution in [3.8, 4) is 0 Å². The molecule has 0 spiro atoms. The van der Waals surface area contributed by atoms with Gasteiger partial charge in [-0.1, -0.05) is 45.0 Å². The maximum absolute atomic E-state index is 13.7. The number of nitrogens with zero attached hydrogens (tertiary/aromatic N) is 1. The maximum Gasteiger partial charge on any atom is 0.339 e. The quantitative estimate of drug-likeness (QED) is 0.413. The van der Waals surface area contributed by atoms with E-state index in [1.165, 1.54) is 6.92 Å². The number of para-hydroxylation sites is 1. The lowest BCUT2D eigenvalue weighted by atomic mass is 9.69. The molecule has 0 fully saturated rings. The third-order valence-corrected chi connectivity index (χ3v) is 7.55. The summed E-state index contributed by atoms with van der Waals surface area (Å²) in [6.07, 6.45) is 2.53. The molecule has 0 bridgehead atoms. The van der Waals surface area contributed by atoms with Gasteiger partial charge in [-0.2, -0.15) is 0 Å². The molecule has 0 aliphatic heterocycles. The molecule has 0 saturated carbocycles. The summed E-state index contributed by atoms with van der Waals surface area (Å²) in [4.78, 5) is 44.1. The van der Waals surface area contributed by atoms with Crippen LogP contribution in [0.25, 0.3) is 22.6 Å². The molecule has 0 saturated heterocycles. The highest BCUT2D eigenvalue weighted by atomic mass is 32.1. The third-order valence-electron chi connectivity index (χ3n) is 6.73. The van der Waals surface area contributed by atoms with Crippen molar-refractivity contribution in [3.63, 3.8) is 0 Å². The molecule has 0 radical (unpaired) electrons. The van der Waals surface area contributed by atoms with Crippen molar-refractivity contribution in [3.05, 3.63) is 63.5 Å². The molecule has 2 unspecified atom stereocenters. The van der Waals surface area contributed by atoms with Crippen molar-refractivity contribution in [1.29, 1.82) is 0 Å². The summed E-state index contributed by atoms with van der Waals surface area (Å²) in [5.41, 5.74) is 3.86. The summed E-state index contributed by atoms with van der Waals surface area (Å²) in [7, 11) is 0. The number of carbonyl (C=O) groups is 3. The fraction of sp³-hybridized carbons (Fsp3) is 0.379. The largest absolute Gasteiger partial charge is 0.449 e. The van der Waals surface area contributed by atoms with E-state index in [9.17, 15) is 14.4 Å². The molecule has 2 atom stereocenters. The van der Waals surface area contributed by atoms with E-state index in [0.717, 1.165) is 28.1 Å². The molecular formula is C29H33N3O4S. The molecule has 3 amide bonds. The molecular weight excluding hydrogens is 486 g/mol. The number of thiophene rings is 1. The SMILES string of the molecule is CCNC(=O)NC(=O)C(C)OC(=O)c1c2c(nc3ccccc13)/C(=C/c1cccs1)CC(C(C)(C)C)C2. The second-order valence-corrected chi connectivity index (χ2v) is 11.4.